The van der Waals surface area contributed by atoms with E-state index in [1.54, 1.807) is 48.5 Å². The Labute approximate surface area is 175 Å². The van der Waals surface area contributed by atoms with Gasteiger partial charge in [-0.1, -0.05) is 12.1 Å². The van der Waals surface area contributed by atoms with Crippen molar-refractivity contribution in [3.8, 4) is 11.5 Å². The van der Waals surface area contributed by atoms with Crippen LogP contribution in [0, 0.1) is 0 Å². The molecular formula is C22H26ClNO5. The Morgan fingerprint density at radius 2 is 1.62 bits per heavy atom. The van der Waals surface area contributed by atoms with Gasteiger partial charge in [0.2, 0.25) is 0 Å². The highest BCUT2D eigenvalue weighted by Crippen LogP contribution is 2.25. The molecule has 156 valence electrons. The highest BCUT2D eigenvalue weighted by molar-refractivity contribution is 6.17. The second-order valence-corrected chi connectivity index (χ2v) is 6.80. The number of para-hydroxylation sites is 2. The smallest absolute Gasteiger partial charge is 0.303 e. The van der Waals surface area contributed by atoms with Gasteiger partial charge in [0, 0.05) is 17.9 Å². The van der Waals surface area contributed by atoms with Crippen molar-refractivity contribution in [1.82, 2.24) is 0 Å². The number of anilines is 1. The number of aliphatic carboxylic acids is 1. The van der Waals surface area contributed by atoms with E-state index in [0.717, 1.165) is 25.0 Å². The summed E-state index contributed by atoms with van der Waals surface area (Å²) in [5, 5.41) is 11.5. The fraction of sp³-hybridized carbons (Fsp3) is 0.364. The Hall–Kier alpha value is -2.73. The molecule has 0 radical (unpaired) electrons. The molecule has 0 aromatic heterocycles. The lowest BCUT2D eigenvalue weighted by Gasteiger charge is -2.12. The lowest BCUT2D eigenvalue weighted by molar-refractivity contribution is -0.137. The quantitative estimate of drug-likeness (QED) is 0.353. The molecule has 0 unspecified atom stereocenters. The highest BCUT2D eigenvalue weighted by atomic mass is 35.5. The van der Waals surface area contributed by atoms with Crippen LogP contribution in [0.5, 0.6) is 11.5 Å². The number of carbonyl (C=O) groups is 2. The zero-order valence-corrected chi connectivity index (χ0v) is 17.0. The van der Waals surface area contributed by atoms with Gasteiger partial charge in [-0.05, 0) is 62.1 Å². The summed E-state index contributed by atoms with van der Waals surface area (Å²) in [7, 11) is 0. The van der Waals surface area contributed by atoms with Crippen molar-refractivity contribution in [3.63, 3.8) is 0 Å². The molecule has 7 heteroatoms. The number of benzene rings is 2. The van der Waals surface area contributed by atoms with E-state index in [4.69, 9.17) is 26.2 Å². The molecule has 2 aromatic rings. The van der Waals surface area contributed by atoms with Crippen LogP contribution >= 0.6 is 11.6 Å². The molecule has 0 spiro atoms. The fourth-order valence-electron chi connectivity index (χ4n) is 2.56. The maximum atomic E-state index is 12.5. The number of rotatable bonds is 13. The lowest BCUT2D eigenvalue weighted by Crippen LogP contribution is -2.13. The van der Waals surface area contributed by atoms with E-state index in [0.29, 0.717) is 35.9 Å². The number of ether oxygens (including phenoxy) is 2. The SMILES string of the molecule is O=C(O)CCCOc1ccccc1NC(=O)c1ccc(OCCCCCCl)cc1. The molecule has 2 N–H and O–H groups in total. The van der Waals surface area contributed by atoms with Crippen molar-refractivity contribution in [2.45, 2.75) is 32.1 Å². The molecule has 0 aliphatic rings. The van der Waals surface area contributed by atoms with Crippen molar-refractivity contribution in [2.75, 3.05) is 24.4 Å². The maximum absolute atomic E-state index is 12.5. The molecule has 0 fully saturated rings. The molecule has 0 heterocycles. The number of hydrogen-bond donors (Lipinski definition) is 2. The Kier molecular flexibility index (Phi) is 9.86. The molecule has 0 aliphatic heterocycles. The lowest BCUT2D eigenvalue weighted by atomic mass is 10.2. The van der Waals surface area contributed by atoms with E-state index in [9.17, 15) is 9.59 Å². The second kappa shape index (κ2) is 12.7. The Balaban J connectivity index is 1.87. The summed E-state index contributed by atoms with van der Waals surface area (Å²) in [5.74, 6) is 0.760. The molecule has 6 nitrogen and oxygen atoms in total. The van der Waals surface area contributed by atoms with Gasteiger partial charge in [0.05, 0.1) is 18.9 Å². The second-order valence-electron chi connectivity index (χ2n) is 6.42. The average Bonchev–Trinajstić information content (AvgIpc) is 2.72. The first-order valence-corrected chi connectivity index (χ1v) is 10.2. The van der Waals surface area contributed by atoms with Crippen molar-refractivity contribution in [2.24, 2.45) is 0 Å². The van der Waals surface area contributed by atoms with Crippen LogP contribution in [0.4, 0.5) is 5.69 Å². The van der Waals surface area contributed by atoms with Gasteiger partial charge in [-0.25, -0.2) is 0 Å². The van der Waals surface area contributed by atoms with Crippen molar-refractivity contribution >= 4 is 29.2 Å². The van der Waals surface area contributed by atoms with Crippen LogP contribution < -0.4 is 14.8 Å². The van der Waals surface area contributed by atoms with Gasteiger partial charge >= 0.3 is 5.97 Å². The number of hydrogen-bond acceptors (Lipinski definition) is 4. The molecule has 0 saturated heterocycles. The predicted molar refractivity (Wildman–Crippen MR) is 113 cm³/mol. The van der Waals surface area contributed by atoms with E-state index in [-0.39, 0.29) is 18.9 Å². The number of alkyl halides is 1. The molecule has 0 atom stereocenters. The third-order valence-electron chi connectivity index (χ3n) is 4.09. The van der Waals surface area contributed by atoms with Crippen molar-refractivity contribution < 1.29 is 24.2 Å². The minimum atomic E-state index is -0.863. The summed E-state index contributed by atoms with van der Waals surface area (Å²) >= 11 is 5.65. The van der Waals surface area contributed by atoms with Gasteiger partial charge in [0.1, 0.15) is 11.5 Å². The van der Waals surface area contributed by atoms with Crippen LogP contribution in [-0.2, 0) is 4.79 Å². The zero-order valence-electron chi connectivity index (χ0n) is 16.2. The predicted octanol–water partition coefficient (Wildman–Crippen LogP) is 4.97. The number of nitrogens with one attached hydrogen (secondary N) is 1. The largest absolute Gasteiger partial charge is 0.494 e. The average molecular weight is 420 g/mol. The van der Waals surface area contributed by atoms with Crippen molar-refractivity contribution in [3.05, 3.63) is 54.1 Å². The summed E-state index contributed by atoms with van der Waals surface area (Å²) in [4.78, 5) is 23.1. The van der Waals surface area contributed by atoms with E-state index >= 15 is 0 Å². The van der Waals surface area contributed by atoms with E-state index < -0.39 is 5.97 Å². The molecule has 2 aromatic carbocycles. The van der Waals surface area contributed by atoms with Crippen LogP contribution in [-0.4, -0.2) is 36.1 Å². The third-order valence-corrected chi connectivity index (χ3v) is 4.36. The Morgan fingerprint density at radius 1 is 0.897 bits per heavy atom. The Morgan fingerprint density at radius 3 is 2.34 bits per heavy atom. The van der Waals surface area contributed by atoms with E-state index in [2.05, 4.69) is 5.32 Å². The zero-order chi connectivity index (χ0) is 20.9. The summed E-state index contributed by atoms with van der Waals surface area (Å²) in [6.45, 7) is 0.880. The summed E-state index contributed by atoms with van der Waals surface area (Å²) in [5.41, 5.74) is 1.03. The number of unbranched alkanes of at least 4 members (excludes halogenated alkanes) is 2. The standard InChI is InChI=1S/C22H26ClNO5/c23-14-4-1-5-15-28-18-12-10-17(11-13-18)22(27)24-19-7-2-3-8-20(19)29-16-6-9-21(25)26/h2-3,7-8,10-13H,1,4-6,9,14-16H2,(H,24,27)(H,25,26). The topological polar surface area (TPSA) is 84.9 Å². The number of halogens is 1. The first-order valence-electron chi connectivity index (χ1n) is 9.64. The number of carboxylic acid groups (broad SMARTS) is 1. The molecule has 0 aliphatic carbocycles. The van der Waals surface area contributed by atoms with E-state index in [1.165, 1.54) is 0 Å². The van der Waals surface area contributed by atoms with Crippen LogP contribution in [0.15, 0.2) is 48.5 Å². The summed E-state index contributed by atoms with van der Waals surface area (Å²) < 4.78 is 11.3. The molecular weight excluding hydrogens is 394 g/mol. The summed E-state index contributed by atoms with van der Waals surface area (Å²) in [6.07, 6.45) is 3.38. The molecule has 0 saturated carbocycles. The Bertz CT molecular complexity index is 779. The number of amides is 1. The van der Waals surface area contributed by atoms with Crippen LogP contribution in [0.2, 0.25) is 0 Å². The van der Waals surface area contributed by atoms with Gasteiger partial charge < -0.3 is 19.9 Å². The first-order chi connectivity index (χ1) is 14.1. The van der Waals surface area contributed by atoms with Crippen molar-refractivity contribution in [1.29, 1.82) is 0 Å². The number of carboxylic acids is 1. The van der Waals surface area contributed by atoms with Gasteiger partial charge in [0.25, 0.3) is 5.91 Å². The van der Waals surface area contributed by atoms with Gasteiger partial charge in [-0.2, -0.15) is 0 Å². The van der Waals surface area contributed by atoms with E-state index in [1.807, 2.05) is 0 Å². The highest BCUT2D eigenvalue weighted by Gasteiger charge is 2.10. The molecule has 29 heavy (non-hydrogen) atoms. The van der Waals surface area contributed by atoms with Crippen LogP contribution in [0.3, 0.4) is 0 Å². The molecule has 2 rings (SSSR count). The minimum Gasteiger partial charge on any atom is -0.494 e. The number of carbonyl (C=O) groups excluding carboxylic acids is 1. The fourth-order valence-corrected chi connectivity index (χ4v) is 2.75. The normalized spacial score (nSPS) is 10.4. The molecule has 0 bridgehead atoms. The summed E-state index contributed by atoms with van der Waals surface area (Å²) in [6, 6.07) is 14.0. The van der Waals surface area contributed by atoms with Crippen LogP contribution in [0.1, 0.15) is 42.5 Å². The maximum Gasteiger partial charge on any atom is 0.303 e. The van der Waals surface area contributed by atoms with Gasteiger partial charge in [-0.3, -0.25) is 9.59 Å². The molecule has 1 amide bonds. The third kappa shape index (κ3) is 8.44. The monoisotopic (exact) mass is 419 g/mol. The first kappa shape index (κ1) is 22.6. The van der Waals surface area contributed by atoms with Gasteiger partial charge in [0.15, 0.2) is 0 Å². The van der Waals surface area contributed by atoms with Crippen LogP contribution in [0.25, 0.3) is 0 Å². The van der Waals surface area contributed by atoms with Gasteiger partial charge in [-0.15, -0.1) is 11.6 Å². The minimum absolute atomic E-state index is 0.0374.